The van der Waals surface area contributed by atoms with Crippen molar-refractivity contribution in [1.82, 2.24) is 0 Å². The van der Waals surface area contributed by atoms with Crippen LogP contribution in [0.15, 0.2) is 24.3 Å². The van der Waals surface area contributed by atoms with Crippen molar-refractivity contribution in [2.24, 2.45) is 11.8 Å². The van der Waals surface area contributed by atoms with Crippen LogP contribution >= 0.6 is 0 Å². The molecule has 1 heterocycles. The molecule has 2 aliphatic rings. The Kier molecular flexibility index (Phi) is 3.89. The van der Waals surface area contributed by atoms with Crippen molar-refractivity contribution in [2.75, 3.05) is 18.1 Å². The summed E-state index contributed by atoms with van der Waals surface area (Å²) in [4.78, 5) is 11.9. The summed E-state index contributed by atoms with van der Waals surface area (Å²) in [5.41, 5.74) is 0. The minimum absolute atomic E-state index is 0.0701. The van der Waals surface area contributed by atoms with Gasteiger partial charge >= 0.3 is 5.97 Å². The number of esters is 1. The van der Waals surface area contributed by atoms with Gasteiger partial charge in [-0.3, -0.25) is 4.79 Å². The van der Waals surface area contributed by atoms with E-state index >= 15 is 0 Å². The van der Waals surface area contributed by atoms with Gasteiger partial charge in [0.05, 0.1) is 24.0 Å². The third-order valence-electron chi connectivity index (χ3n) is 3.79. The van der Waals surface area contributed by atoms with Crippen molar-refractivity contribution < 1.29 is 22.7 Å². The molecule has 2 fully saturated rings. The van der Waals surface area contributed by atoms with Crippen molar-refractivity contribution in [3.8, 4) is 11.5 Å². The lowest BCUT2D eigenvalue weighted by Crippen LogP contribution is -2.21. The number of carbonyl (C=O) groups excluding carboxylic acids is 1. The van der Waals surface area contributed by atoms with Gasteiger partial charge in [0.2, 0.25) is 0 Å². The average Bonchev–Trinajstić information content (AvgIpc) is 3.20. The summed E-state index contributed by atoms with van der Waals surface area (Å²) in [7, 11) is -3.07. The molecule has 0 spiro atoms. The van der Waals surface area contributed by atoms with Crippen LogP contribution in [0, 0.1) is 11.8 Å². The van der Waals surface area contributed by atoms with Crippen molar-refractivity contribution in [3.05, 3.63) is 24.3 Å². The van der Waals surface area contributed by atoms with Crippen LogP contribution in [0.2, 0.25) is 0 Å². The summed E-state index contributed by atoms with van der Waals surface area (Å²) in [5, 5.41) is 0. The molecule has 0 unspecified atom stereocenters. The number of rotatable bonds is 5. The van der Waals surface area contributed by atoms with Gasteiger partial charge in [-0.05, 0) is 49.4 Å². The molecular weight excluding hydrogens is 292 g/mol. The molecule has 1 aliphatic carbocycles. The number of benzene rings is 1. The number of sulfone groups is 1. The zero-order valence-electron chi connectivity index (χ0n) is 11.7. The normalized spacial score (nSPS) is 23.7. The maximum Gasteiger partial charge on any atom is 0.315 e. The lowest BCUT2D eigenvalue weighted by molar-refractivity contribution is -0.138. The molecule has 114 valence electrons. The molecule has 0 N–H and O–H groups in total. The van der Waals surface area contributed by atoms with E-state index in [2.05, 4.69) is 0 Å². The fourth-order valence-corrected chi connectivity index (χ4v) is 4.01. The molecule has 0 bridgehead atoms. The quantitative estimate of drug-likeness (QED) is 0.613. The lowest BCUT2D eigenvalue weighted by atomic mass is 10.1. The number of carbonyl (C=O) groups is 1. The molecule has 1 saturated heterocycles. The summed E-state index contributed by atoms with van der Waals surface area (Å²) in [6, 6.07) is 6.86. The highest BCUT2D eigenvalue weighted by Crippen LogP contribution is 2.30. The van der Waals surface area contributed by atoms with E-state index in [9.17, 15) is 13.2 Å². The molecule has 5 nitrogen and oxygen atoms in total. The molecular formula is C15H18O5S. The first kappa shape index (κ1) is 14.4. The predicted molar refractivity (Wildman–Crippen MR) is 77.1 cm³/mol. The molecule has 1 atom stereocenters. The highest BCUT2D eigenvalue weighted by molar-refractivity contribution is 7.91. The summed E-state index contributed by atoms with van der Waals surface area (Å²) in [5.74, 6) is 0.818. The molecule has 0 radical (unpaired) electrons. The van der Waals surface area contributed by atoms with E-state index in [1.165, 1.54) is 12.8 Å². The molecule has 1 aromatic carbocycles. The van der Waals surface area contributed by atoms with Crippen LogP contribution in [0.1, 0.15) is 19.3 Å². The van der Waals surface area contributed by atoms with Gasteiger partial charge in [-0.2, -0.15) is 0 Å². The van der Waals surface area contributed by atoms with Gasteiger partial charge in [-0.1, -0.05) is 0 Å². The standard InChI is InChI=1S/C15H18O5S/c16-15(12-7-8-21(17,18)10-12)20-14-5-3-13(4-6-14)19-9-11-1-2-11/h3-6,11-12H,1-2,7-10H2/t12-/m0/s1. The van der Waals surface area contributed by atoms with Crippen molar-refractivity contribution in [1.29, 1.82) is 0 Å². The monoisotopic (exact) mass is 310 g/mol. The van der Waals surface area contributed by atoms with E-state index in [1.807, 2.05) is 0 Å². The van der Waals surface area contributed by atoms with Crippen molar-refractivity contribution in [3.63, 3.8) is 0 Å². The Labute approximate surface area is 124 Å². The molecule has 1 saturated carbocycles. The Hall–Kier alpha value is -1.56. The van der Waals surface area contributed by atoms with Crippen LogP contribution in [0.5, 0.6) is 11.5 Å². The first-order chi connectivity index (χ1) is 10.0. The Morgan fingerprint density at radius 3 is 2.33 bits per heavy atom. The van der Waals surface area contributed by atoms with Crippen LogP contribution in [-0.4, -0.2) is 32.5 Å². The third-order valence-corrected chi connectivity index (χ3v) is 5.56. The Bertz CT molecular complexity index is 616. The Morgan fingerprint density at radius 1 is 1.10 bits per heavy atom. The predicted octanol–water partition coefficient (Wildman–Crippen LogP) is 1.82. The second-order valence-corrected chi connectivity index (χ2v) is 7.98. The molecule has 6 heteroatoms. The topological polar surface area (TPSA) is 69.7 Å². The molecule has 1 aromatic rings. The fraction of sp³-hybridized carbons (Fsp3) is 0.533. The number of hydrogen-bond acceptors (Lipinski definition) is 5. The SMILES string of the molecule is O=C(Oc1ccc(OCC2CC2)cc1)[C@H]1CCS(=O)(=O)C1. The zero-order chi connectivity index (χ0) is 14.9. The summed E-state index contributed by atoms with van der Waals surface area (Å²) < 4.78 is 33.5. The first-order valence-corrected chi connectivity index (χ1v) is 8.99. The van der Waals surface area contributed by atoms with E-state index in [-0.39, 0.29) is 11.5 Å². The van der Waals surface area contributed by atoms with E-state index in [1.54, 1.807) is 24.3 Å². The Morgan fingerprint density at radius 2 is 1.76 bits per heavy atom. The molecule has 0 aromatic heterocycles. The number of ether oxygens (including phenoxy) is 2. The second kappa shape index (κ2) is 5.67. The maximum atomic E-state index is 11.9. The summed E-state index contributed by atoms with van der Waals surface area (Å²) in [6.07, 6.45) is 2.82. The van der Waals surface area contributed by atoms with Crippen molar-refractivity contribution >= 4 is 15.8 Å². The molecule has 3 rings (SSSR count). The van der Waals surface area contributed by atoms with E-state index in [0.717, 1.165) is 12.4 Å². The van der Waals surface area contributed by atoms with Gasteiger partial charge in [-0.15, -0.1) is 0 Å². The minimum Gasteiger partial charge on any atom is -0.493 e. The largest absolute Gasteiger partial charge is 0.493 e. The summed E-state index contributed by atoms with van der Waals surface area (Å²) >= 11 is 0. The highest BCUT2D eigenvalue weighted by atomic mass is 32.2. The molecule has 21 heavy (non-hydrogen) atoms. The maximum absolute atomic E-state index is 11.9. The lowest BCUT2D eigenvalue weighted by Gasteiger charge is -2.09. The fourth-order valence-electron chi connectivity index (χ4n) is 2.28. The van der Waals surface area contributed by atoms with Gasteiger partial charge in [-0.25, -0.2) is 8.42 Å². The van der Waals surface area contributed by atoms with E-state index in [0.29, 0.717) is 18.1 Å². The zero-order valence-corrected chi connectivity index (χ0v) is 12.5. The minimum atomic E-state index is -3.07. The van der Waals surface area contributed by atoms with E-state index < -0.39 is 21.7 Å². The van der Waals surface area contributed by atoms with Gasteiger partial charge in [0.1, 0.15) is 11.5 Å². The van der Waals surface area contributed by atoms with Crippen LogP contribution in [0.4, 0.5) is 0 Å². The number of hydrogen-bond donors (Lipinski definition) is 0. The van der Waals surface area contributed by atoms with E-state index in [4.69, 9.17) is 9.47 Å². The van der Waals surface area contributed by atoms with Gasteiger partial charge < -0.3 is 9.47 Å². The van der Waals surface area contributed by atoms with Crippen molar-refractivity contribution in [2.45, 2.75) is 19.3 Å². The van der Waals surface area contributed by atoms with Gasteiger partial charge in [0, 0.05) is 0 Å². The molecule has 0 amide bonds. The molecule has 1 aliphatic heterocycles. The van der Waals surface area contributed by atoms with Crippen LogP contribution in [0.25, 0.3) is 0 Å². The Balaban J connectivity index is 1.53. The highest BCUT2D eigenvalue weighted by Gasteiger charge is 2.34. The average molecular weight is 310 g/mol. The van der Waals surface area contributed by atoms with Crippen LogP contribution in [0.3, 0.4) is 0 Å². The van der Waals surface area contributed by atoms with Gasteiger partial charge in [0.15, 0.2) is 9.84 Å². The smallest absolute Gasteiger partial charge is 0.315 e. The summed E-state index contributed by atoms with van der Waals surface area (Å²) in [6.45, 7) is 0.735. The third kappa shape index (κ3) is 3.97. The first-order valence-electron chi connectivity index (χ1n) is 7.17. The van der Waals surface area contributed by atoms with Crippen LogP contribution in [-0.2, 0) is 14.6 Å². The second-order valence-electron chi connectivity index (χ2n) is 5.75. The van der Waals surface area contributed by atoms with Crippen LogP contribution < -0.4 is 9.47 Å². The van der Waals surface area contributed by atoms with Gasteiger partial charge in [0.25, 0.3) is 0 Å².